The Labute approximate surface area is 126 Å². The third-order valence-electron chi connectivity index (χ3n) is 5.60. The molecule has 2 fully saturated rings. The molecule has 0 spiro atoms. The molecule has 2 aliphatic carbocycles. The van der Waals surface area contributed by atoms with Gasteiger partial charge < -0.3 is 4.74 Å². The monoisotopic (exact) mass is 280 g/mol. The Balaban J connectivity index is 1.50. The molecule has 0 heterocycles. The van der Waals surface area contributed by atoms with Gasteiger partial charge in [0.2, 0.25) is 0 Å². The maximum absolute atomic E-state index is 6.03. The fourth-order valence-electron chi connectivity index (χ4n) is 4.14. The van der Waals surface area contributed by atoms with Crippen LogP contribution in [0.3, 0.4) is 0 Å². The summed E-state index contributed by atoms with van der Waals surface area (Å²) in [7, 11) is 0. The quantitative estimate of drug-likeness (QED) is 0.487. The fraction of sp³-hybridized carbons (Fsp3) is 1.00. The van der Waals surface area contributed by atoms with Crippen LogP contribution in [0.2, 0.25) is 0 Å². The van der Waals surface area contributed by atoms with Crippen molar-refractivity contribution in [2.75, 3.05) is 6.61 Å². The average Bonchev–Trinajstić information content (AvgIpc) is 2.52. The van der Waals surface area contributed by atoms with E-state index in [2.05, 4.69) is 6.92 Å². The SMILES string of the molecule is CCCCCOC1CCC(CCC2CCCCC2)CC1. The van der Waals surface area contributed by atoms with E-state index in [4.69, 9.17) is 4.74 Å². The van der Waals surface area contributed by atoms with E-state index in [9.17, 15) is 0 Å². The van der Waals surface area contributed by atoms with Gasteiger partial charge >= 0.3 is 0 Å². The maximum Gasteiger partial charge on any atom is 0.0575 e. The van der Waals surface area contributed by atoms with Gasteiger partial charge in [-0.05, 0) is 43.9 Å². The summed E-state index contributed by atoms with van der Waals surface area (Å²) in [6, 6.07) is 0. The minimum absolute atomic E-state index is 0.595. The van der Waals surface area contributed by atoms with E-state index in [0.717, 1.165) is 18.4 Å². The van der Waals surface area contributed by atoms with Gasteiger partial charge in [0, 0.05) is 6.61 Å². The van der Waals surface area contributed by atoms with E-state index in [1.165, 1.54) is 89.9 Å². The zero-order valence-corrected chi connectivity index (χ0v) is 13.7. The van der Waals surface area contributed by atoms with Crippen molar-refractivity contribution in [2.45, 2.75) is 103 Å². The smallest absolute Gasteiger partial charge is 0.0575 e. The van der Waals surface area contributed by atoms with E-state index in [1.54, 1.807) is 0 Å². The Morgan fingerprint density at radius 3 is 2.05 bits per heavy atom. The van der Waals surface area contributed by atoms with Crippen LogP contribution in [0.25, 0.3) is 0 Å². The second-order valence-corrected chi connectivity index (χ2v) is 7.30. The van der Waals surface area contributed by atoms with Gasteiger partial charge in [-0.3, -0.25) is 0 Å². The van der Waals surface area contributed by atoms with Crippen molar-refractivity contribution in [1.82, 2.24) is 0 Å². The normalized spacial score (nSPS) is 28.6. The Hall–Kier alpha value is -0.0400. The van der Waals surface area contributed by atoms with Crippen molar-refractivity contribution in [2.24, 2.45) is 11.8 Å². The lowest BCUT2D eigenvalue weighted by atomic mass is 9.79. The summed E-state index contributed by atoms with van der Waals surface area (Å²) >= 11 is 0. The highest BCUT2D eigenvalue weighted by molar-refractivity contribution is 4.75. The standard InChI is InChI=1S/C19H36O/c1-2-3-7-16-20-19-14-12-18(13-15-19)11-10-17-8-5-4-6-9-17/h17-19H,2-16H2,1H3. The van der Waals surface area contributed by atoms with Crippen LogP contribution >= 0.6 is 0 Å². The van der Waals surface area contributed by atoms with Crippen molar-refractivity contribution >= 4 is 0 Å². The zero-order valence-electron chi connectivity index (χ0n) is 13.7. The third-order valence-corrected chi connectivity index (χ3v) is 5.60. The molecule has 0 N–H and O–H groups in total. The summed E-state index contributed by atoms with van der Waals surface area (Å²) in [5.74, 6) is 2.10. The predicted molar refractivity (Wildman–Crippen MR) is 87.0 cm³/mol. The van der Waals surface area contributed by atoms with E-state index >= 15 is 0 Å². The Kier molecular flexibility index (Phi) is 8.02. The minimum atomic E-state index is 0.595. The molecule has 2 rings (SSSR count). The van der Waals surface area contributed by atoms with Gasteiger partial charge in [-0.2, -0.15) is 0 Å². The van der Waals surface area contributed by atoms with Crippen LogP contribution in [-0.4, -0.2) is 12.7 Å². The molecule has 0 unspecified atom stereocenters. The van der Waals surface area contributed by atoms with E-state index in [-0.39, 0.29) is 0 Å². The predicted octanol–water partition coefficient (Wildman–Crippen LogP) is 6.11. The van der Waals surface area contributed by atoms with Crippen molar-refractivity contribution in [1.29, 1.82) is 0 Å². The van der Waals surface area contributed by atoms with Crippen molar-refractivity contribution in [3.05, 3.63) is 0 Å². The first-order chi connectivity index (χ1) is 9.88. The van der Waals surface area contributed by atoms with E-state index < -0.39 is 0 Å². The Bertz CT molecular complexity index is 224. The molecule has 0 saturated heterocycles. The lowest BCUT2D eigenvalue weighted by molar-refractivity contribution is 0.0147. The minimum Gasteiger partial charge on any atom is -0.378 e. The third kappa shape index (κ3) is 6.16. The summed E-state index contributed by atoms with van der Waals surface area (Å²) in [4.78, 5) is 0. The van der Waals surface area contributed by atoms with Crippen LogP contribution in [0.15, 0.2) is 0 Å². The largest absolute Gasteiger partial charge is 0.378 e. The van der Waals surface area contributed by atoms with Crippen LogP contribution in [-0.2, 0) is 4.74 Å². The average molecular weight is 280 g/mol. The molecule has 0 aromatic rings. The fourth-order valence-corrected chi connectivity index (χ4v) is 4.14. The molecular formula is C19H36O. The molecule has 0 atom stereocenters. The second kappa shape index (κ2) is 9.82. The lowest BCUT2D eigenvalue weighted by Gasteiger charge is -2.30. The summed E-state index contributed by atoms with van der Waals surface area (Å²) in [5, 5.41) is 0. The number of hydrogen-bond donors (Lipinski definition) is 0. The van der Waals surface area contributed by atoms with Crippen LogP contribution < -0.4 is 0 Å². The van der Waals surface area contributed by atoms with Gasteiger partial charge in [-0.25, -0.2) is 0 Å². The molecule has 0 aliphatic heterocycles. The molecule has 118 valence electrons. The molecule has 0 amide bonds. The van der Waals surface area contributed by atoms with Crippen LogP contribution in [0.5, 0.6) is 0 Å². The van der Waals surface area contributed by atoms with Crippen molar-refractivity contribution in [3.63, 3.8) is 0 Å². The highest BCUT2D eigenvalue weighted by atomic mass is 16.5. The first-order valence-corrected chi connectivity index (χ1v) is 9.50. The maximum atomic E-state index is 6.03. The molecule has 0 radical (unpaired) electrons. The van der Waals surface area contributed by atoms with Gasteiger partial charge in [0.05, 0.1) is 6.10 Å². The molecular weight excluding hydrogens is 244 g/mol. The number of unbranched alkanes of at least 4 members (excludes halogenated alkanes) is 2. The van der Waals surface area contributed by atoms with E-state index in [0.29, 0.717) is 6.10 Å². The second-order valence-electron chi connectivity index (χ2n) is 7.30. The Morgan fingerprint density at radius 2 is 1.40 bits per heavy atom. The van der Waals surface area contributed by atoms with Crippen LogP contribution in [0.4, 0.5) is 0 Å². The van der Waals surface area contributed by atoms with Gasteiger partial charge in [0.15, 0.2) is 0 Å². The molecule has 2 saturated carbocycles. The van der Waals surface area contributed by atoms with Gasteiger partial charge in [0.1, 0.15) is 0 Å². The molecule has 1 nitrogen and oxygen atoms in total. The highest BCUT2D eigenvalue weighted by Gasteiger charge is 2.22. The topological polar surface area (TPSA) is 9.23 Å². The summed E-state index contributed by atoms with van der Waals surface area (Å²) in [5.41, 5.74) is 0. The molecule has 20 heavy (non-hydrogen) atoms. The molecule has 0 aromatic carbocycles. The number of rotatable bonds is 8. The lowest BCUT2D eigenvalue weighted by Crippen LogP contribution is -2.22. The molecule has 0 aromatic heterocycles. The van der Waals surface area contributed by atoms with E-state index in [1.807, 2.05) is 0 Å². The van der Waals surface area contributed by atoms with Gasteiger partial charge in [-0.15, -0.1) is 0 Å². The summed E-state index contributed by atoms with van der Waals surface area (Å²) < 4.78 is 6.03. The number of ether oxygens (including phenoxy) is 1. The highest BCUT2D eigenvalue weighted by Crippen LogP contribution is 2.34. The molecule has 0 bridgehead atoms. The van der Waals surface area contributed by atoms with Crippen molar-refractivity contribution < 1.29 is 4.74 Å². The molecule has 1 heteroatoms. The van der Waals surface area contributed by atoms with Crippen LogP contribution in [0.1, 0.15) is 96.8 Å². The van der Waals surface area contributed by atoms with Gasteiger partial charge in [0.25, 0.3) is 0 Å². The zero-order chi connectivity index (χ0) is 14.0. The first-order valence-electron chi connectivity index (χ1n) is 9.50. The molecule has 2 aliphatic rings. The van der Waals surface area contributed by atoms with Crippen molar-refractivity contribution in [3.8, 4) is 0 Å². The van der Waals surface area contributed by atoms with Gasteiger partial charge in [-0.1, -0.05) is 64.7 Å². The van der Waals surface area contributed by atoms with Crippen LogP contribution in [0, 0.1) is 11.8 Å². The first kappa shape index (κ1) is 16.3. The summed E-state index contributed by atoms with van der Waals surface area (Å²) in [6.07, 6.45) is 20.6. The summed E-state index contributed by atoms with van der Waals surface area (Å²) in [6.45, 7) is 3.27. The number of hydrogen-bond acceptors (Lipinski definition) is 1. The Morgan fingerprint density at radius 1 is 0.750 bits per heavy atom.